The molecule has 0 fully saturated rings. The molecule has 0 saturated heterocycles. The number of nitrogens with two attached hydrogens (primary N) is 1. The van der Waals surface area contributed by atoms with E-state index in [1.54, 1.807) is 6.26 Å². The zero-order valence-corrected chi connectivity index (χ0v) is 13.0. The van der Waals surface area contributed by atoms with Gasteiger partial charge in [0, 0.05) is 40.8 Å². The molecule has 1 aromatic rings. The number of nitrogens with zero attached hydrogens (tertiary/aromatic N) is 2. The largest absolute Gasteiger partial charge is 0.383 e. The van der Waals surface area contributed by atoms with Gasteiger partial charge in [0.1, 0.15) is 17.5 Å². The molecule has 0 aliphatic heterocycles. The SMILES string of the molecule is CCCc1nc(N)c(C)c(NCCC(C)S(C)=O)n1. The summed E-state index contributed by atoms with van der Waals surface area (Å²) in [5, 5.41) is 3.46. The molecule has 0 radical (unpaired) electrons. The van der Waals surface area contributed by atoms with E-state index in [9.17, 15) is 4.21 Å². The average Bonchev–Trinajstić information content (AvgIpc) is 2.35. The fraction of sp³-hybridized carbons (Fsp3) is 0.692. The average molecular weight is 284 g/mol. The molecule has 0 bridgehead atoms. The quantitative estimate of drug-likeness (QED) is 0.799. The molecule has 0 amide bonds. The van der Waals surface area contributed by atoms with Crippen LogP contribution in [0.1, 0.15) is 38.1 Å². The first-order chi connectivity index (χ1) is 8.95. The van der Waals surface area contributed by atoms with Gasteiger partial charge >= 0.3 is 0 Å². The Labute approximate surface area is 117 Å². The van der Waals surface area contributed by atoms with Crippen LogP contribution in [0.5, 0.6) is 0 Å². The third-order valence-electron chi connectivity index (χ3n) is 3.11. The number of rotatable bonds is 7. The fourth-order valence-electron chi connectivity index (χ4n) is 1.65. The van der Waals surface area contributed by atoms with Crippen molar-refractivity contribution in [1.29, 1.82) is 0 Å². The zero-order chi connectivity index (χ0) is 14.4. The maximum atomic E-state index is 11.3. The van der Waals surface area contributed by atoms with Gasteiger partial charge in [-0.25, -0.2) is 9.97 Å². The summed E-state index contributed by atoms with van der Waals surface area (Å²) in [4.78, 5) is 8.76. The van der Waals surface area contributed by atoms with E-state index in [2.05, 4.69) is 22.2 Å². The minimum atomic E-state index is -0.783. The number of anilines is 2. The summed E-state index contributed by atoms with van der Waals surface area (Å²) in [5.41, 5.74) is 6.77. The summed E-state index contributed by atoms with van der Waals surface area (Å²) in [6.45, 7) is 6.73. The molecule has 2 unspecified atom stereocenters. The lowest BCUT2D eigenvalue weighted by atomic mass is 10.2. The molecule has 1 aromatic heterocycles. The van der Waals surface area contributed by atoms with Crippen LogP contribution in [0.15, 0.2) is 0 Å². The predicted octanol–water partition coefficient (Wildman–Crippen LogP) is 1.89. The third kappa shape index (κ3) is 4.78. The van der Waals surface area contributed by atoms with Crippen LogP contribution >= 0.6 is 0 Å². The van der Waals surface area contributed by atoms with Gasteiger partial charge in [-0.05, 0) is 19.8 Å². The molecular weight excluding hydrogens is 260 g/mol. The molecule has 3 N–H and O–H groups in total. The molecule has 1 heterocycles. The van der Waals surface area contributed by atoms with Crippen molar-refractivity contribution in [3.8, 4) is 0 Å². The molecular formula is C13H24N4OS. The molecule has 6 heteroatoms. The minimum Gasteiger partial charge on any atom is -0.383 e. The van der Waals surface area contributed by atoms with Crippen LogP contribution in [-0.4, -0.2) is 32.2 Å². The van der Waals surface area contributed by atoms with Gasteiger partial charge in [0.25, 0.3) is 0 Å². The maximum Gasteiger partial charge on any atom is 0.134 e. The van der Waals surface area contributed by atoms with Crippen LogP contribution in [0.4, 0.5) is 11.6 Å². The standard InChI is InChI=1S/C13H24N4OS/c1-5-6-11-16-12(14)10(3)13(17-11)15-8-7-9(2)19(4)18/h9H,5-8H2,1-4H3,(H3,14,15,16,17). The van der Waals surface area contributed by atoms with Crippen molar-refractivity contribution < 1.29 is 4.21 Å². The molecule has 0 aromatic carbocycles. The Morgan fingerprint density at radius 2 is 2.11 bits per heavy atom. The molecule has 0 saturated carbocycles. The number of hydrogen-bond donors (Lipinski definition) is 2. The first-order valence-electron chi connectivity index (χ1n) is 6.64. The van der Waals surface area contributed by atoms with Gasteiger partial charge in [-0.2, -0.15) is 0 Å². The first kappa shape index (κ1) is 15.9. The number of aryl methyl sites for hydroxylation is 1. The van der Waals surface area contributed by atoms with E-state index in [0.29, 0.717) is 5.82 Å². The normalized spacial score (nSPS) is 14.1. The van der Waals surface area contributed by atoms with Gasteiger partial charge in [-0.3, -0.25) is 4.21 Å². The Hall–Kier alpha value is -1.17. The highest BCUT2D eigenvalue weighted by molar-refractivity contribution is 7.84. The van der Waals surface area contributed by atoms with E-state index in [1.807, 2.05) is 13.8 Å². The van der Waals surface area contributed by atoms with Crippen molar-refractivity contribution in [3.63, 3.8) is 0 Å². The molecule has 1 rings (SSSR count). The maximum absolute atomic E-state index is 11.3. The van der Waals surface area contributed by atoms with Gasteiger partial charge in [0.15, 0.2) is 0 Å². The van der Waals surface area contributed by atoms with E-state index >= 15 is 0 Å². The Morgan fingerprint density at radius 3 is 2.68 bits per heavy atom. The van der Waals surface area contributed by atoms with E-state index in [-0.39, 0.29) is 5.25 Å². The summed E-state index contributed by atoms with van der Waals surface area (Å²) in [7, 11) is -0.783. The second-order valence-electron chi connectivity index (χ2n) is 4.77. The van der Waals surface area contributed by atoms with Gasteiger partial charge in [-0.15, -0.1) is 0 Å². The summed E-state index contributed by atoms with van der Waals surface area (Å²) < 4.78 is 11.3. The van der Waals surface area contributed by atoms with Gasteiger partial charge in [0.2, 0.25) is 0 Å². The highest BCUT2D eigenvalue weighted by Gasteiger charge is 2.10. The van der Waals surface area contributed by atoms with E-state index in [4.69, 9.17) is 5.73 Å². The topological polar surface area (TPSA) is 80.9 Å². The second-order valence-corrected chi connectivity index (χ2v) is 6.58. The summed E-state index contributed by atoms with van der Waals surface area (Å²) >= 11 is 0. The Kier molecular flexibility index (Phi) is 6.21. The van der Waals surface area contributed by atoms with Crippen molar-refractivity contribution >= 4 is 22.4 Å². The predicted molar refractivity (Wildman–Crippen MR) is 81.8 cm³/mol. The summed E-state index contributed by atoms with van der Waals surface area (Å²) in [5.74, 6) is 2.11. The molecule has 108 valence electrons. The smallest absolute Gasteiger partial charge is 0.134 e. The van der Waals surface area contributed by atoms with Crippen molar-refractivity contribution in [2.45, 2.75) is 45.3 Å². The number of nitrogen functional groups attached to an aromatic ring is 1. The van der Waals surface area contributed by atoms with Crippen LogP contribution in [0.25, 0.3) is 0 Å². The number of hydrogen-bond acceptors (Lipinski definition) is 5. The molecule has 19 heavy (non-hydrogen) atoms. The van der Waals surface area contributed by atoms with E-state index in [1.165, 1.54) is 0 Å². The van der Waals surface area contributed by atoms with Gasteiger partial charge in [-0.1, -0.05) is 13.8 Å². The summed E-state index contributed by atoms with van der Waals surface area (Å²) in [6, 6.07) is 0. The van der Waals surface area contributed by atoms with Crippen LogP contribution in [0.3, 0.4) is 0 Å². The third-order valence-corrected chi connectivity index (χ3v) is 4.48. The number of aromatic nitrogens is 2. The van der Waals surface area contributed by atoms with Crippen LogP contribution < -0.4 is 11.1 Å². The van der Waals surface area contributed by atoms with Crippen molar-refractivity contribution in [2.24, 2.45) is 0 Å². The highest BCUT2D eigenvalue weighted by Crippen LogP contribution is 2.18. The molecule has 0 spiro atoms. The van der Waals surface area contributed by atoms with Gasteiger partial charge in [0.05, 0.1) is 0 Å². The fourth-order valence-corrected chi connectivity index (χ4v) is 2.10. The molecule has 0 aliphatic carbocycles. The Balaban J connectivity index is 2.69. The first-order valence-corrected chi connectivity index (χ1v) is 8.26. The monoisotopic (exact) mass is 284 g/mol. The van der Waals surface area contributed by atoms with Gasteiger partial charge < -0.3 is 11.1 Å². The van der Waals surface area contributed by atoms with E-state index in [0.717, 1.165) is 43.0 Å². The lowest BCUT2D eigenvalue weighted by Crippen LogP contribution is -2.16. The Bertz CT molecular complexity index is 451. The lowest BCUT2D eigenvalue weighted by molar-refractivity contribution is 0.672. The molecule has 5 nitrogen and oxygen atoms in total. The van der Waals surface area contributed by atoms with E-state index < -0.39 is 10.8 Å². The van der Waals surface area contributed by atoms with Crippen LogP contribution in [-0.2, 0) is 17.2 Å². The lowest BCUT2D eigenvalue weighted by Gasteiger charge is -2.13. The van der Waals surface area contributed by atoms with Crippen LogP contribution in [0.2, 0.25) is 0 Å². The van der Waals surface area contributed by atoms with Crippen molar-refractivity contribution in [2.75, 3.05) is 23.9 Å². The zero-order valence-electron chi connectivity index (χ0n) is 12.2. The molecule has 0 aliphatic rings. The second kappa shape index (κ2) is 7.43. The van der Waals surface area contributed by atoms with Crippen LogP contribution in [0, 0.1) is 6.92 Å². The minimum absolute atomic E-state index is 0.183. The Morgan fingerprint density at radius 1 is 1.42 bits per heavy atom. The van der Waals surface area contributed by atoms with Crippen molar-refractivity contribution in [3.05, 3.63) is 11.4 Å². The van der Waals surface area contributed by atoms with Crippen molar-refractivity contribution in [1.82, 2.24) is 9.97 Å². The highest BCUT2D eigenvalue weighted by atomic mass is 32.2. The molecule has 2 atom stereocenters. The summed E-state index contributed by atoms with van der Waals surface area (Å²) in [6.07, 6.45) is 4.40. The number of nitrogens with one attached hydrogen (secondary N) is 1.